The predicted molar refractivity (Wildman–Crippen MR) is 149 cm³/mol. The smallest absolute Gasteiger partial charge is 0.264 e. The number of sulfonamides is 1. The van der Waals surface area contributed by atoms with Gasteiger partial charge >= 0.3 is 0 Å². The first kappa shape index (κ1) is 28.8. The maximum absolute atomic E-state index is 13.6. The molecule has 0 aliphatic rings. The monoisotopic (exact) mass is 540 g/mol. The Kier molecular flexibility index (Phi) is 10.4. The molecule has 0 aromatic heterocycles. The molecule has 1 amide bonds. The number of carbonyl (C=O) groups is 1. The van der Waals surface area contributed by atoms with Gasteiger partial charge in [-0.2, -0.15) is 0 Å². The third-order valence-electron chi connectivity index (χ3n) is 5.93. The van der Waals surface area contributed by atoms with Crippen LogP contribution in [-0.2, 0) is 21.2 Å². The van der Waals surface area contributed by atoms with Crippen LogP contribution >= 0.6 is 0 Å². The van der Waals surface area contributed by atoms with Crippen molar-refractivity contribution in [2.24, 2.45) is 0 Å². The quantitative estimate of drug-likeness (QED) is 0.297. The van der Waals surface area contributed by atoms with Gasteiger partial charge in [-0.05, 0) is 62.1 Å². The van der Waals surface area contributed by atoms with Crippen molar-refractivity contribution < 1.29 is 27.4 Å². The SMILES string of the molecule is CCCOc1ccccc1CCCNC(=O)CN(c1ccc(OC)c(OC)c1)S(=O)(=O)c1ccc(C)cc1. The van der Waals surface area contributed by atoms with Gasteiger partial charge in [0, 0.05) is 12.6 Å². The van der Waals surface area contributed by atoms with Gasteiger partial charge in [0.15, 0.2) is 11.5 Å². The molecule has 0 spiro atoms. The average Bonchev–Trinajstić information content (AvgIpc) is 2.93. The first-order valence-corrected chi connectivity index (χ1v) is 14.0. The summed E-state index contributed by atoms with van der Waals surface area (Å²) in [6.45, 7) is 4.59. The zero-order chi connectivity index (χ0) is 27.5. The van der Waals surface area contributed by atoms with Gasteiger partial charge in [-0.15, -0.1) is 0 Å². The Balaban J connectivity index is 1.75. The maximum atomic E-state index is 13.6. The normalized spacial score (nSPS) is 11.1. The highest BCUT2D eigenvalue weighted by Crippen LogP contribution is 2.33. The zero-order valence-electron chi connectivity index (χ0n) is 22.4. The molecule has 0 aliphatic heterocycles. The minimum atomic E-state index is -4.04. The Morgan fingerprint density at radius 1 is 0.921 bits per heavy atom. The molecule has 0 heterocycles. The van der Waals surface area contributed by atoms with Gasteiger partial charge in [-0.25, -0.2) is 8.42 Å². The number of benzene rings is 3. The molecule has 0 atom stereocenters. The lowest BCUT2D eigenvalue weighted by Gasteiger charge is -2.25. The number of anilines is 1. The Bertz CT molecular complexity index is 1310. The van der Waals surface area contributed by atoms with Gasteiger partial charge in [0.1, 0.15) is 12.3 Å². The van der Waals surface area contributed by atoms with Gasteiger partial charge < -0.3 is 19.5 Å². The second-order valence-electron chi connectivity index (χ2n) is 8.77. The van der Waals surface area contributed by atoms with Gasteiger partial charge in [0.05, 0.1) is 31.4 Å². The molecule has 3 rings (SSSR count). The first-order valence-electron chi connectivity index (χ1n) is 12.6. The number of hydrogen-bond acceptors (Lipinski definition) is 6. The molecular weight excluding hydrogens is 504 g/mol. The molecular formula is C29H36N2O6S. The fourth-order valence-corrected chi connectivity index (χ4v) is 5.30. The predicted octanol–water partition coefficient (Wildman–Crippen LogP) is 4.75. The minimum absolute atomic E-state index is 0.0920. The largest absolute Gasteiger partial charge is 0.493 e. The van der Waals surface area contributed by atoms with E-state index in [0.717, 1.165) is 34.0 Å². The van der Waals surface area contributed by atoms with Crippen LogP contribution in [0.2, 0.25) is 0 Å². The number of ether oxygens (including phenoxy) is 3. The van der Waals surface area contributed by atoms with Gasteiger partial charge in [0.2, 0.25) is 5.91 Å². The highest BCUT2D eigenvalue weighted by atomic mass is 32.2. The Morgan fingerprint density at radius 3 is 2.32 bits per heavy atom. The number of methoxy groups -OCH3 is 2. The van der Waals surface area contributed by atoms with E-state index in [1.807, 2.05) is 31.2 Å². The lowest BCUT2D eigenvalue weighted by molar-refractivity contribution is -0.119. The van der Waals surface area contributed by atoms with Gasteiger partial charge in [-0.3, -0.25) is 9.10 Å². The molecule has 3 aromatic rings. The molecule has 1 N–H and O–H groups in total. The van der Waals surface area contributed by atoms with Crippen LogP contribution in [0.3, 0.4) is 0 Å². The molecule has 8 nitrogen and oxygen atoms in total. The fourth-order valence-electron chi connectivity index (χ4n) is 3.89. The van der Waals surface area contributed by atoms with Crippen LogP contribution in [0.25, 0.3) is 0 Å². The molecule has 204 valence electrons. The van der Waals surface area contributed by atoms with Crippen molar-refractivity contribution in [3.05, 3.63) is 77.9 Å². The number of rotatable bonds is 14. The van der Waals surface area contributed by atoms with Crippen LogP contribution in [0.4, 0.5) is 5.69 Å². The number of aryl methyl sites for hydroxylation is 2. The van der Waals surface area contributed by atoms with Gasteiger partial charge in [0.25, 0.3) is 10.0 Å². The maximum Gasteiger partial charge on any atom is 0.264 e. The summed E-state index contributed by atoms with van der Waals surface area (Å²) in [7, 11) is -1.07. The van der Waals surface area contributed by atoms with Crippen LogP contribution in [-0.4, -0.2) is 48.2 Å². The summed E-state index contributed by atoms with van der Waals surface area (Å²) in [4.78, 5) is 13.1. The summed E-state index contributed by atoms with van der Waals surface area (Å²) in [5.41, 5.74) is 2.30. The molecule has 0 fully saturated rings. The van der Waals surface area contributed by atoms with Crippen LogP contribution in [0.15, 0.2) is 71.6 Å². The van der Waals surface area contributed by atoms with E-state index in [-0.39, 0.29) is 11.4 Å². The molecule has 0 saturated carbocycles. The van der Waals surface area contributed by atoms with Crippen LogP contribution < -0.4 is 23.8 Å². The summed E-state index contributed by atoms with van der Waals surface area (Å²) in [5.74, 6) is 1.26. The second kappa shape index (κ2) is 13.7. The Morgan fingerprint density at radius 2 is 1.63 bits per heavy atom. The number of hydrogen-bond donors (Lipinski definition) is 1. The minimum Gasteiger partial charge on any atom is -0.493 e. The average molecular weight is 541 g/mol. The van der Waals surface area contributed by atoms with E-state index in [4.69, 9.17) is 14.2 Å². The van der Waals surface area contributed by atoms with Crippen LogP contribution in [0.5, 0.6) is 17.2 Å². The van der Waals surface area contributed by atoms with Gasteiger partial charge in [-0.1, -0.05) is 42.8 Å². The van der Waals surface area contributed by atoms with Crippen molar-refractivity contribution in [1.29, 1.82) is 0 Å². The lowest BCUT2D eigenvalue weighted by Crippen LogP contribution is -2.41. The molecule has 9 heteroatoms. The number of carbonyl (C=O) groups excluding carboxylic acids is 1. The van der Waals surface area contributed by atoms with E-state index >= 15 is 0 Å². The Labute approximate surface area is 225 Å². The third-order valence-corrected chi connectivity index (χ3v) is 7.72. The van der Waals surface area contributed by atoms with E-state index < -0.39 is 15.9 Å². The highest BCUT2D eigenvalue weighted by molar-refractivity contribution is 7.92. The molecule has 3 aromatic carbocycles. The van der Waals surface area contributed by atoms with E-state index in [9.17, 15) is 13.2 Å². The summed E-state index contributed by atoms with van der Waals surface area (Å²) in [6.07, 6.45) is 2.33. The summed E-state index contributed by atoms with van der Waals surface area (Å²) in [5, 5.41) is 2.86. The molecule has 0 unspecified atom stereocenters. The first-order chi connectivity index (χ1) is 18.3. The van der Waals surface area contributed by atoms with E-state index in [1.165, 1.54) is 26.4 Å². The molecule has 0 bridgehead atoms. The van der Waals surface area contributed by atoms with Crippen molar-refractivity contribution in [3.8, 4) is 17.2 Å². The van der Waals surface area contributed by atoms with Crippen molar-refractivity contribution in [2.45, 2.75) is 38.0 Å². The van der Waals surface area contributed by atoms with E-state index in [0.29, 0.717) is 36.8 Å². The summed E-state index contributed by atoms with van der Waals surface area (Å²) < 4.78 is 44.8. The second-order valence-corrected chi connectivity index (χ2v) is 10.6. The standard InChI is InChI=1S/C29H36N2O6S/c1-5-19-37-26-11-7-6-9-23(26)10-8-18-30-29(32)21-31(24-14-17-27(35-3)28(20-24)36-4)38(33,34)25-15-12-22(2)13-16-25/h6-7,9,11-17,20H,5,8,10,18-19,21H2,1-4H3,(H,30,32). The number of nitrogens with zero attached hydrogens (tertiary/aromatic N) is 1. The molecule has 0 saturated heterocycles. The molecule has 0 aliphatic carbocycles. The lowest BCUT2D eigenvalue weighted by atomic mass is 10.1. The summed E-state index contributed by atoms with van der Waals surface area (Å²) in [6, 6.07) is 19.1. The van der Waals surface area contributed by atoms with Crippen LogP contribution in [0.1, 0.15) is 30.9 Å². The zero-order valence-corrected chi connectivity index (χ0v) is 23.2. The topological polar surface area (TPSA) is 94.2 Å². The van der Waals surface area contributed by atoms with Crippen molar-refractivity contribution in [3.63, 3.8) is 0 Å². The fraction of sp³-hybridized carbons (Fsp3) is 0.345. The number of amides is 1. The third kappa shape index (κ3) is 7.41. The highest BCUT2D eigenvalue weighted by Gasteiger charge is 2.28. The summed E-state index contributed by atoms with van der Waals surface area (Å²) >= 11 is 0. The van der Waals surface area contributed by atoms with E-state index in [2.05, 4.69) is 12.2 Å². The van der Waals surface area contributed by atoms with Crippen molar-refractivity contribution >= 4 is 21.6 Å². The van der Waals surface area contributed by atoms with Crippen molar-refractivity contribution in [1.82, 2.24) is 5.32 Å². The van der Waals surface area contributed by atoms with E-state index in [1.54, 1.807) is 30.3 Å². The van der Waals surface area contributed by atoms with Crippen molar-refractivity contribution in [2.75, 3.05) is 38.2 Å². The number of para-hydroxylation sites is 1. The Hall–Kier alpha value is -3.72. The number of nitrogens with one attached hydrogen (secondary N) is 1. The molecule has 38 heavy (non-hydrogen) atoms. The van der Waals surface area contributed by atoms with Crippen LogP contribution in [0, 0.1) is 6.92 Å². The molecule has 0 radical (unpaired) electrons.